The van der Waals surface area contributed by atoms with Crippen LogP contribution in [0.3, 0.4) is 0 Å². The lowest BCUT2D eigenvalue weighted by molar-refractivity contribution is 0.734. The van der Waals surface area contributed by atoms with Crippen molar-refractivity contribution in [1.82, 2.24) is 0 Å². The Balaban J connectivity index is 1.52. The van der Waals surface area contributed by atoms with Gasteiger partial charge in [0.25, 0.3) is 0 Å². The van der Waals surface area contributed by atoms with Crippen molar-refractivity contribution in [3.05, 3.63) is 199 Å². The molecular formula is C43H38Si2. The molecule has 6 aromatic carbocycles. The highest BCUT2D eigenvalue weighted by Gasteiger charge is 2.45. The summed E-state index contributed by atoms with van der Waals surface area (Å²) in [6, 6.07) is 66.1. The van der Waals surface area contributed by atoms with E-state index in [0.29, 0.717) is 5.92 Å². The minimum atomic E-state index is -2.60. The zero-order valence-corrected chi connectivity index (χ0v) is 27.8. The molecule has 0 saturated heterocycles. The third kappa shape index (κ3) is 5.10. The van der Waals surface area contributed by atoms with Gasteiger partial charge in [0, 0.05) is 0 Å². The number of allylic oxidation sites excluding steroid dienone is 4. The Morgan fingerprint density at radius 1 is 0.378 bits per heavy atom. The third-order valence-corrected chi connectivity index (χ3v) is 19.1. The summed E-state index contributed by atoms with van der Waals surface area (Å²) in [6.07, 6.45) is 8.46. The van der Waals surface area contributed by atoms with Gasteiger partial charge in [-0.2, -0.15) is 0 Å². The van der Waals surface area contributed by atoms with Crippen molar-refractivity contribution in [3.63, 3.8) is 0 Å². The number of hydrogen-bond acceptors (Lipinski definition) is 0. The van der Waals surface area contributed by atoms with E-state index >= 15 is 0 Å². The molecule has 0 nitrogen and oxygen atoms in total. The van der Waals surface area contributed by atoms with Crippen LogP contribution in [0.15, 0.2) is 199 Å². The fourth-order valence-corrected chi connectivity index (χ4v) is 17.2. The highest BCUT2D eigenvalue weighted by Crippen LogP contribution is 2.25. The fraction of sp³-hybridized carbons (Fsp3) is 0.0698. The van der Waals surface area contributed by atoms with Crippen LogP contribution in [-0.2, 0) is 0 Å². The summed E-state index contributed by atoms with van der Waals surface area (Å²) in [5.41, 5.74) is 0. The molecule has 0 heterocycles. The molecule has 2 heteroatoms. The first-order chi connectivity index (χ1) is 22.2. The Kier molecular flexibility index (Phi) is 8.17. The average Bonchev–Trinajstić information content (AvgIpc) is 3.12. The van der Waals surface area contributed by atoms with Crippen molar-refractivity contribution in [2.75, 3.05) is 0 Å². The molecule has 0 aromatic heterocycles. The lowest BCUT2D eigenvalue weighted by Gasteiger charge is -2.38. The van der Waals surface area contributed by atoms with Gasteiger partial charge in [0.1, 0.15) is 0 Å². The second-order valence-electron chi connectivity index (χ2n) is 12.1. The maximum absolute atomic E-state index is 2.60. The molecule has 1 atom stereocenters. The quantitative estimate of drug-likeness (QED) is 0.156. The van der Waals surface area contributed by atoms with Gasteiger partial charge in [0.15, 0.2) is 16.1 Å². The van der Waals surface area contributed by atoms with E-state index in [1.54, 1.807) is 0 Å². The molecule has 6 aromatic rings. The van der Waals surface area contributed by atoms with Crippen molar-refractivity contribution < 1.29 is 0 Å². The van der Waals surface area contributed by atoms with Crippen molar-refractivity contribution in [2.45, 2.75) is 13.3 Å². The molecular weight excluding hydrogens is 573 g/mol. The molecule has 45 heavy (non-hydrogen) atoms. The first-order valence-electron chi connectivity index (χ1n) is 16.0. The lowest BCUT2D eigenvalue weighted by Crippen LogP contribution is -2.75. The zero-order chi connectivity index (χ0) is 30.5. The molecule has 0 radical (unpaired) electrons. The minimum absolute atomic E-state index is 0.512. The van der Waals surface area contributed by atoms with Gasteiger partial charge in [-0.3, -0.25) is 0 Å². The highest BCUT2D eigenvalue weighted by atomic mass is 28.3. The van der Waals surface area contributed by atoms with Crippen molar-refractivity contribution in [3.8, 4) is 0 Å². The van der Waals surface area contributed by atoms with Crippen LogP contribution >= 0.6 is 0 Å². The summed E-state index contributed by atoms with van der Waals surface area (Å²) in [4.78, 5) is 0. The minimum Gasteiger partial charge on any atom is -0.0840 e. The van der Waals surface area contributed by atoms with Gasteiger partial charge in [-0.25, -0.2) is 0 Å². The van der Waals surface area contributed by atoms with E-state index in [0.717, 1.165) is 6.42 Å². The Bertz CT molecular complexity index is 1760. The molecule has 1 aliphatic rings. The predicted molar refractivity (Wildman–Crippen MR) is 199 cm³/mol. The summed E-state index contributed by atoms with van der Waals surface area (Å²) in [7, 11) is -5.20. The van der Waals surface area contributed by atoms with Gasteiger partial charge >= 0.3 is 0 Å². The summed E-state index contributed by atoms with van der Waals surface area (Å²) in [5, 5.41) is 11.3. The second kappa shape index (κ2) is 12.7. The van der Waals surface area contributed by atoms with Crippen LogP contribution in [0.4, 0.5) is 0 Å². The largest absolute Gasteiger partial charge is 0.179 e. The van der Waals surface area contributed by atoms with Gasteiger partial charge in [0.05, 0.1) is 0 Å². The second-order valence-corrected chi connectivity index (χ2v) is 19.8. The lowest BCUT2D eigenvalue weighted by atomic mass is 10.0. The number of benzene rings is 6. The topological polar surface area (TPSA) is 0 Å². The number of rotatable bonds is 8. The molecule has 218 valence electrons. The van der Waals surface area contributed by atoms with Crippen LogP contribution in [0.5, 0.6) is 0 Å². The first-order valence-corrected chi connectivity index (χ1v) is 20.0. The summed E-state index contributed by atoms with van der Waals surface area (Å²) in [5.74, 6) is 0.512. The predicted octanol–water partition coefficient (Wildman–Crippen LogP) is 5.60. The van der Waals surface area contributed by atoms with Gasteiger partial charge < -0.3 is 0 Å². The van der Waals surface area contributed by atoms with E-state index in [-0.39, 0.29) is 0 Å². The van der Waals surface area contributed by atoms with Gasteiger partial charge in [-0.05, 0) is 53.8 Å². The van der Waals surface area contributed by atoms with E-state index in [9.17, 15) is 0 Å². The van der Waals surface area contributed by atoms with Crippen LogP contribution < -0.4 is 36.3 Å². The monoisotopic (exact) mass is 610 g/mol. The van der Waals surface area contributed by atoms with Crippen LogP contribution in [0.25, 0.3) is 0 Å². The Labute approximate surface area is 270 Å². The van der Waals surface area contributed by atoms with Crippen LogP contribution in [-0.4, -0.2) is 16.1 Å². The average molecular weight is 611 g/mol. The normalized spacial score (nSPS) is 15.0. The SMILES string of the molecule is C[C@H]1C=C([Si](c2ccccc2)(c2ccccc2)c2ccc([Si](c3ccccc3)(c3ccccc3)c3ccccc3)cc2)C=CC1. The summed E-state index contributed by atoms with van der Waals surface area (Å²) in [6.45, 7) is 2.35. The van der Waals surface area contributed by atoms with E-state index in [2.05, 4.69) is 201 Å². The molecule has 0 bridgehead atoms. The van der Waals surface area contributed by atoms with Gasteiger partial charge in [-0.1, -0.05) is 201 Å². The van der Waals surface area contributed by atoms with Crippen molar-refractivity contribution >= 4 is 52.5 Å². The van der Waals surface area contributed by atoms with Gasteiger partial charge in [-0.15, -0.1) is 0 Å². The summed E-state index contributed by atoms with van der Waals surface area (Å²) >= 11 is 0. The van der Waals surface area contributed by atoms with Crippen LogP contribution in [0, 0.1) is 5.92 Å². The molecule has 0 unspecified atom stereocenters. The molecule has 0 N–H and O–H groups in total. The van der Waals surface area contributed by atoms with Gasteiger partial charge in [0.2, 0.25) is 0 Å². The van der Waals surface area contributed by atoms with Crippen molar-refractivity contribution in [2.24, 2.45) is 5.92 Å². The van der Waals surface area contributed by atoms with E-state index < -0.39 is 16.1 Å². The molecule has 0 amide bonds. The standard InChI is InChI=1S/C43H38Si2/c1-35-18-17-29-43(34-35)45(39-25-13-5-14-26-39,40-27-15-6-16-28-40)42-32-30-41(31-33-42)44(36-19-7-2-8-20-36,37-21-9-3-10-22-37)38-23-11-4-12-24-38/h2-17,19-35H,18H2,1H3/t35-/m1/s1. The Hall–Kier alpha value is -4.77. The molecule has 0 aliphatic heterocycles. The van der Waals surface area contributed by atoms with E-state index in [1.807, 2.05) is 0 Å². The highest BCUT2D eigenvalue weighted by molar-refractivity contribution is 7.20. The molecule has 0 fully saturated rings. The Morgan fingerprint density at radius 2 is 0.667 bits per heavy atom. The fourth-order valence-electron chi connectivity index (χ4n) is 7.50. The van der Waals surface area contributed by atoms with Crippen molar-refractivity contribution in [1.29, 1.82) is 0 Å². The summed E-state index contributed by atoms with van der Waals surface area (Å²) < 4.78 is 0. The van der Waals surface area contributed by atoms with E-state index in [1.165, 1.54) is 41.5 Å². The third-order valence-electron chi connectivity index (χ3n) is 9.49. The molecule has 1 aliphatic carbocycles. The zero-order valence-electron chi connectivity index (χ0n) is 25.8. The maximum atomic E-state index is 2.55. The maximum Gasteiger partial charge on any atom is 0.179 e. The van der Waals surface area contributed by atoms with E-state index in [4.69, 9.17) is 0 Å². The van der Waals surface area contributed by atoms with Crippen LogP contribution in [0.2, 0.25) is 0 Å². The number of hydrogen-bond donors (Lipinski definition) is 0. The Morgan fingerprint density at radius 3 is 1.00 bits per heavy atom. The van der Waals surface area contributed by atoms with Crippen LogP contribution in [0.1, 0.15) is 13.3 Å². The molecule has 7 rings (SSSR count). The molecule has 0 saturated carbocycles. The molecule has 0 spiro atoms. The smallest absolute Gasteiger partial charge is 0.0840 e. The first kappa shape index (κ1) is 29.0.